The molecule has 3 aromatic rings. The average molecular weight is 515 g/mol. The number of amides is 1. The Labute approximate surface area is 211 Å². The van der Waals surface area contributed by atoms with E-state index in [0.29, 0.717) is 17.1 Å². The minimum atomic E-state index is -1.05. The van der Waals surface area contributed by atoms with Crippen molar-refractivity contribution in [2.24, 2.45) is 0 Å². The van der Waals surface area contributed by atoms with Crippen LogP contribution in [0.3, 0.4) is 0 Å². The molecule has 1 aliphatic rings. The van der Waals surface area contributed by atoms with E-state index in [-0.39, 0.29) is 32.7 Å². The van der Waals surface area contributed by atoms with Crippen LogP contribution in [0.2, 0.25) is 10.0 Å². The van der Waals surface area contributed by atoms with Crippen LogP contribution in [0.4, 0.5) is 5.69 Å². The Morgan fingerprint density at radius 3 is 2.34 bits per heavy atom. The predicted octanol–water partition coefficient (Wildman–Crippen LogP) is 5.04. The van der Waals surface area contributed by atoms with Gasteiger partial charge in [-0.15, -0.1) is 0 Å². The molecule has 2 heterocycles. The number of rotatable bonds is 6. The maximum Gasteiger partial charge on any atom is 0.300 e. The van der Waals surface area contributed by atoms with Gasteiger partial charge in [-0.25, -0.2) is 0 Å². The highest BCUT2D eigenvalue weighted by Crippen LogP contribution is 2.48. The Hall–Kier alpha value is -3.75. The quantitative estimate of drug-likeness (QED) is 0.279. The molecule has 0 spiro atoms. The van der Waals surface area contributed by atoms with Crippen molar-refractivity contribution in [1.82, 2.24) is 4.98 Å². The number of pyridine rings is 1. The molecule has 1 unspecified atom stereocenters. The molecule has 2 aromatic carbocycles. The molecular formula is C25H20Cl2N2O6. The summed E-state index contributed by atoms with van der Waals surface area (Å²) in [5.74, 6) is -1.63. The molecule has 180 valence electrons. The lowest BCUT2D eigenvalue weighted by Gasteiger charge is -2.25. The number of anilines is 1. The second-order valence-electron chi connectivity index (χ2n) is 7.41. The van der Waals surface area contributed by atoms with Gasteiger partial charge in [-0.2, -0.15) is 0 Å². The Bertz CT molecular complexity index is 1340. The number of aliphatic hydroxyl groups is 1. The zero-order valence-corrected chi connectivity index (χ0v) is 20.4. The zero-order chi connectivity index (χ0) is 25.3. The summed E-state index contributed by atoms with van der Waals surface area (Å²) >= 11 is 12.7. The van der Waals surface area contributed by atoms with Crippen LogP contribution in [0.15, 0.2) is 60.3 Å². The van der Waals surface area contributed by atoms with Crippen molar-refractivity contribution in [3.8, 4) is 17.2 Å². The SMILES string of the molecule is COc1cccc(N2C(=O)C(=O)/C(=C(/O)c3cc(Cl)c(OC)c(Cl)c3OC)C2c2ccccn2)c1. The molecular weight excluding hydrogens is 495 g/mol. The molecule has 1 atom stereocenters. The Balaban J connectivity index is 2.00. The minimum absolute atomic E-state index is 0.000426. The summed E-state index contributed by atoms with van der Waals surface area (Å²) in [7, 11) is 4.22. The van der Waals surface area contributed by atoms with Gasteiger partial charge in [-0.1, -0.05) is 35.3 Å². The van der Waals surface area contributed by atoms with Gasteiger partial charge in [0.15, 0.2) is 11.5 Å². The largest absolute Gasteiger partial charge is 0.507 e. The number of nitrogens with zero attached hydrogens (tertiary/aromatic N) is 2. The van der Waals surface area contributed by atoms with Gasteiger partial charge in [-0.05, 0) is 30.3 Å². The zero-order valence-electron chi connectivity index (χ0n) is 18.9. The smallest absolute Gasteiger partial charge is 0.300 e. The van der Waals surface area contributed by atoms with Gasteiger partial charge in [0, 0.05) is 18.0 Å². The summed E-state index contributed by atoms with van der Waals surface area (Å²) in [6, 6.07) is 12.1. The summed E-state index contributed by atoms with van der Waals surface area (Å²) < 4.78 is 15.9. The molecule has 4 rings (SSSR count). The maximum absolute atomic E-state index is 13.3. The second-order valence-corrected chi connectivity index (χ2v) is 8.20. The molecule has 1 aliphatic heterocycles. The van der Waals surface area contributed by atoms with Crippen molar-refractivity contribution in [2.45, 2.75) is 6.04 Å². The van der Waals surface area contributed by atoms with Crippen LogP contribution in [0.1, 0.15) is 17.3 Å². The summed E-state index contributed by atoms with van der Waals surface area (Å²) in [6.45, 7) is 0. The molecule has 0 saturated carbocycles. The van der Waals surface area contributed by atoms with E-state index < -0.39 is 23.5 Å². The number of aromatic nitrogens is 1. The number of carbonyl (C=O) groups is 2. The van der Waals surface area contributed by atoms with Crippen molar-refractivity contribution in [3.63, 3.8) is 0 Å². The van der Waals surface area contributed by atoms with Crippen LogP contribution >= 0.6 is 23.2 Å². The molecule has 0 bridgehead atoms. The monoisotopic (exact) mass is 514 g/mol. The Morgan fingerprint density at radius 1 is 0.971 bits per heavy atom. The van der Waals surface area contributed by atoms with Crippen molar-refractivity contribution in [2.75, 3.05) is 26.2 Å². The number of aliphatic hydroxyl groups excluding tert-OH is 1. The van der Waals surface area contributed by atoms with Gasteiger partial charge in [0.1, 0.15) is 22.6 Å². The summed E-state index contributed by atoms with van der Waals surface area (Å²) in [5.41, 5.74) is 0.569. The lowest BCUT2D eigenvalue weighted by atomic mass is 9.97. The molecule has 0 aliphatic carbocycles. The number of ketones is 1. The standard InChI is InChI=1S/C25H20Cl2N2O6/c1-33-14-8-6-7-13(11-14)29-20(17-9-4-5-10-28-17)18(22(31)25(29)32)21(30)15-12-16(26)24(35-3)19(27)23(15)34-2/h4-12,20,30H,1-3H3/b21-18+. The topological polar surface area (TPSA) is 98.2 Å². The van der Waals surface area contributed by atoms with E-state index in [9.17, 15) is 14.7 Å². The van der Waals surface area contributed by atoms with E-state index in [1.807, 2.05) is 0 Å². The number of methoxy groups -OCH3 is 3. The fourth-order valence-corrected chi connectivity index (χ4v) is 4.66. The van der Waals surface area contributed by atoms with Gasteiger partial charge in [-0.3, -0.25) is 19.5 Å². The van der Waals surface area contributed by atoms with Crippen molar-refractivity contribution in [1.29, 1.82) is 0 Å². The number of hydrogen-bond acceptors (Lipinski definition) is 7. The molecule has 1 amide bonds. The lowest BCUT2D eigenvalue weighted by molar-refractivity contribution is -0.132. The molecule has 1 aromatic heterocycles. The first-order chi connectivity index (χ1) is 16.8. The number of Topliss-reactive ketones (excluding diaryl/α,β-unsaturated/α-hetero) is 1. The molecule has 1 fully saturated rings. The summed E-state index contributed by atoms with van der Waals surface area (Å²) in [5, 5.41) is 11.5. The highest BCUT2D eigenvalue weighted by molar-refractivity contribution is 6.52. The Morgan fingerprint density at radius 2 is 1.71 bits per heavy atom. The van der Waals surface area contributed by atoms with E-state index in [1.165, 1.54) is 38.5 Å². The predicted molar refractivity (Wildman–Crippen MR) is 132 cm³/mol. The molecule has 0 radical (unpaired) electrons. The highest BCUT2D eigenvalue weighted by Gasteiger charge is 2.48. The van der Waals surface area contributed by atoms with Gasteiger partial charge >= 0.3 is 0 Å². The Kier molecular flexibility index (Phi) is 6.86. The third kappa shape index (κ3) is 4.15. The third-order valence-corrected chi connectivity index (χ3v) is 6.16. The second kappa shape index (κ2) is 9.85. The van der Waals surface area contributed by atoms with Gasteiger partial charge < -0.3 is 19.3 Å². The van der Waals surface area contributed by atoms with E-state index in [0.717, 1.165) is 0 Å². The lowest BCUT2D eigenvalue weighted by Crippen LogP contribution is -2.29. The number of hydrogen-bond donors (Lipinski definition) is 1. The third-order valence-electron chi connectivity index (χ3n) is 5.54. The fraction of sp³-hybridized carbons (Fsp3) is 0.160. The van der Waals surface area contributed by atoms with Gasteiger partial charge in [0.25, 0.3) is 11.7 Å². The normalized spacial score (nSPS) is 16.9. The summed E-state index contributed by atoms with van der Waals surface area (Å²) in [6.07, 6.45) is 1.53. The van der Waals surface area contributed by atoms with Crippen LogP contribution in [-0.4, -0.2) is 43.1 Å². The number of ether oxygens (including phenoxy) is 3. The van der Waals surface area contributed by atoms with E-state index in [2.05, 4.69) is 4.98 Å². The molecule has 1 saturated heterocycles. The minimum Gasteiger partial charge on any atom is -0.507 e. The van der Waals surface area contributed by atoms with Crippen LogP contribution in [0.5, 0.6) is 17.2 Å². The average Bonchev–Trinajstić information content (AvgIpc) is 3.14. The summed E-state index contributed by atoms with van der Waals surface area (Å²) in [4.78, 5) is 32.2. The van der Waals surface area contributed by atoms with Crippen molar-refractivity contribution < 1.29 is 28.9 Å². The number of benzene rings is 2. The maximum atomic E-state index is 13.3. The first kappa shape index (κ1) is 24.4. The number of halogens is 2. The van der Waals surface area contributed by atoms with E-state index >= 15 is 0 Å². The van der Waals surface area contributed by atoms with Crippen molar-refractivity contribution in [3.05, 3.63) is 81.6 Å². The van der Waals surface area contributed by atoms with Crippen LogP contribution < -0.4 is 19.1 Å². The first-order valence-electron chi connectivity index (χ1n) is 10.3. The van der Waals surface area contributed by atoms with Crippen molar-refractivity contribution >= 4 is 46.3 Å². The molecule has 8 nitrogen and oxygen atoms in total. The fourth-order valence-electron chi connectivity index (χ4n) is 3.97. The number of carbonyl (C=O) groups excluding carboxylic acids is 2. The van der Waals surface area contributed by atoms with Crippen LogP contribution in [-0.2, 0) is 9.59 Å². The molecule has 1 N–H and O–H groups in total. The van der Waals surface area contributed by atoms with Crippen LogP contribution in [0, 0.1) is 0 Å². The van der Waals surface area contributed by atoms with Gasteiger partial charge in [0.2, 0.25) is 0 Å². The van der Waals surface area contributed by atoms with E-state index in [1.54, 1.807) is 42.5 Å². The molecule has 35 heavy (non-hydrogen) atoms. The van der Waals surface area contributed by atoms with Crippen LogP contribution in [0.25, 0.3) is 5.76 Å². The van der Waals surface area contributed by atoms with E-state index in [4.69, 9.17) is 37.4 Å². The van der Waals surface area contributed by atoms with Gasteiger partial charge in [0.05, 0.1) is 43.2 Å². The molecule has 10 heteroatoms. The highest BCUT2D eigenvalue weighted by atomic mass is 35.5. The first-order valence-corrected chi connectivity index (χ1v) is 11.1.